The normalized spacial score (nSPS) is 10.2. The van der Waals surface area contributed by atoms with Crippen LogP contribution < -0.4 is 9.47 Å². The third-order valence-electron chi connectivity index (χ3n) is 2.37. The lowest BCUT2D eigenvalue weighted by Crippen LogP contribution is -1.89. The van der Waals surface area contributed by atoms with Crippen molar-refractivity contribution in [3.8, 4) is 11.5 Å². The van der Waals surface area contributed by atoms with Gasteiger partial charge >= 0.3 is 0 Å². The Morgan fingerprint density at radius 1 is 1.18 bits per heavy atom. The SMILES string of the molecule is COc1cc2cc(COC=O)sc2cc1OC. The van der Waals surface area contributed by atoms with Gasteiger partial charge in [0.1, 0.15) is 6.61 Å². The van der Waals surface area contributed by atoms with Crippen LogP contribution >= 0.6 is 11.3 Å². The monoisotopic (exact) mass is 252 g/mol. The van der Waals surface area contributed by atoms with Crippen molar-refractivity contribution < 1.29 is 19.0 Å². The molecular formula is C12H12O4S. The van der Waals surface area contributed by atoms with E-state index in [2.05, 4.69) is 0 Å². The molecule has 90 valence electrons. The Balaban J connectivity index is 2.42. The van der Waals surface area contributed by atoms with E-state index in [1.165, 1.54) is 0 Å². The van der Waals surface area contributed by atoms with Crippen LogP contribution in [-0.4, -0.2) is 20.7 Å². The van der Waals surface area contributed by atoms with Gasteiger partial charge < -0.3 is 14.2 Å². The number of fused-ring (bicyclic) bond motifs is 1. The van der Waals surface area contributed by atoms with Gasteiger partial charge in [-0.2, -0.15) is 0 Å². The number of methoxy groups -OCH3 is 2. The molecule has 0 amide bonds. The molecule has 0 saturated carbocycles. The second-order valence-corrected chi connectivity index (χ2v) is 4.53. The lowest BCUT2D eigenvalue weighted by molar-refractivity contribution is -0.129. The van der Waals surface area contributed by atoms with Crippen LogP contribution in [0.5, 0.6) is 11.5 Å². The number of hydrogen-bond acceptors (Lipinski definition) is 5. The minimum atomic E-state index is 0.299. The summed E-state index contributed by atoms with van der Waals surface area (Å²) in [4.78, 5) is 11.1. The van der Waals surface area contributed by atoms with Gasteiger partial charge in [-0.15, -0.1) is 11.3 Å². The molecule has 0 N–H and O–H groups in total. The average Bonchev–Trinajstić information content (AvgIpc) is 2.76. The molecule has 0 spiro atoms. The Hall–Kier alpha value is -1.75. The summed E-state index contributed by atoms with van der Waals surface area (Å²) in [7, 11) is 3.21. The molecule has 0 bridgehead atoms. The van der Waals surface area contributed by atoms with Crippen LogP contribution in [0.2, 0.25) is 0 Å². The summed E-state index contributed by atoms with van der Waals surface area (Å²) >= 11 is 1.57. The lowest BCUT2D eigenvalue weighted by atomic mass is 10.2. The van der Waals surface area contributed by atoms with Crippen LogP contribution in [0.1, 0.15) is 4.88 Å². The first-order valence-electron chi connectivity index (χ1n) is 4.98. The molecule has 1 aromatic heterocycles. The minimum Gasteiger partial charge on any atom is -0.493 e. The van der Waals surface area contributed by atoms with E-state index < -0.39 is 0 Å². The number of carbonyl (C=O) groups excluding carboxylic acids is 1. The van der Waals surface area contributed by atoms with Gasteiger partial charge in [0, 0.05) is 15.6 Å². The lowest BCUT2D eigenvalue weighted by Gasteiger charge is -2.06. The highest BCUT2D eigenvalue weighted by atomic mass is 32.1. The molecule has 2 rings (SSSR count). The van der Waals surface area contributed by atoms with Crippen LogP contribution in [0.3, 0.4) is 0 Å². The van der Waals surface area contributed by atoms with Crippen LogP contribution in [0.15, 0.2) is 18.2 Å². The van der Waals surface area contributed by atoms with Crippen molar-refractivity contribution in [2.75, 3.05) is 14.2 Å². The molecule has 1 heterocycles. The zero-order valence-corrected chi connectivity index (χ0v) is 10.4. The number of ether oxygens (including phenoxy) is 3. The quantitative estimate of drug-likeness (QED) is 0.767. The zero-order chi connectivity index (χ0) is 12.3. The van der Waals surface area contributed by atoms with E-state index in [0.717, 1.165) is 15.0 Å². The van der Waals surface area contributed by atoms with Gasteiger partial charge in [0.2, 0.25) is 0 Å². The van der Waals surface area contributed by atoms with Crippen LogP contribution in [0.4, 0.5) is 0 Å². The Bertz CT molecular complexity index is 492. The van der Waals surface area contributed by atoms with Gasteiger partial charge in [0.15, 0.2) is 11.5 Å². The third-order valence-corrected chi connectivity index (χ3v) is 3.44. The molecule has 0 radical (unpaired) electrons. The van der Waals surface area contributed by atoms with E-state index in [9.17, 15) is 4.79 Å². The summed E-state index contributed by atoms with van der Waals surface area (Å²) in [6, 6.07) is 5.81. The van der Waals surface area contributed by atoms with Crippen molar-refractivity contribution in [2.45, 2.75) is 6.61 Å². The van der Waals surface area contributed by atoms with Crippen molar-refractivity contribution in [3.63, 3.8) is 0 Å². The van der Waals surface area contributed by atoms with Gasteiger partial charge in [0.25, 0.3) is 6.47 Å². The van der Waals surface area contributed by atoms with Crippen molar-refractivity contribution in [1.29, 1.82) is 0 Å². The molecule has 1 aromatic carbocycles. The molecule has 5 heteroatoms. The summed E-state index contributed by atoms with van der Waals surface area (Å²) in [5.74, 6) is 1.39. The standard InChI is InChI=1S/C12H12O4S/c1-14-10-4-8-3-9(6-16-7-13)17-12(8)5-11(10)15-2/h3-5,7H,6H2,1-2H3. The maximum atomic E-state index is 10.1. The van der Waals surface area contributed by atoms with Crippen molar-refractivity contribution in [2.24, 2.45) is 0 Å². The number of carbonyl (C=O) groups is 1. The van der Waals surface area contributed by atoms with Gasteiger partial charge in [-0.1, -0.05) is 0 Å². The smallest absolute Gasteiger partial charge is 0.293 e. The van der Waals surface area contributed by atoms with E-state index in [1.807, 2.05) is 18.2 Å². The second kappa shape index (κ2) is 5.05. The van der Waals surface area contributed by atoms with Gasteiger partial charge in [-0.05, 0) is 17.5 Å². The molecule has 17 heavy (non-hydrogen) atoms. The fraction of sp³-hybridized carbons (Fsp3) is 0.250. The molecule has 0 fully saturated rings. The summed E-state index contributed by atoms with van der Waals surface area (Å²) < 4.78 is 16.3. The fourth-order valence-corrected chi connectivity index (χ4v) is 2.61. The zero-order valence-electron chi connectivity index (χ0n) is 9.56. The van der Waals surface area contributed by atoms with E-state index in [-0.39, 0.29) is 0 Å². The summed E-state index contributed by atoms with van der Waals surface area (Å²) in [6.07, 6.45) is 0. The number of benzene rings is 1. The van der Waals surface area contributed by atoms with Crippen LogP contribution in [-0.2, 0) is 16.1 Å². The molecule has 0 aliphatic carbocycles. The highest BCUT2D eigenvalue weighted by molar-refractivity contribution is 7.19. The van der Waals surface area contributed by atoms with Crippen LogP contribution in [0, 0.1) is 0 Å². The van der Waals surface area contributed by atoms with E-state index in [0.29, 0.717) is 24.6 Å². The Morgan fingerprint density at radius 3 is 2.53 bits per heavy atom. The summed E-state index contributed by atoms with van der Waals surface area (Å²) in [5, 5.41) is 1.05. The molecule has 4 nitrogen and oxygen atoms in total. The maximum absolute atomic E-state index is 10.1. The first-order chi connectivity index (χ1) is 8.28. The second-order valence-electron chi connectivity index (χ2n) is 3.36. The van der Waals surface area contributed by atoms with Crippen molar-refractivity contribution in [1.82, 2.24) is 0 Å². The Labute approximate surface area is 103 Å². The first kappa shape index (κ1) is 11.7. The maximum Gasteiger partial charge on any atom is 0.293 e. The Morgan fingerprint density at radius 2 is 1.88 bits per heavy atom. The summed E-state index contributed by atoms with van der Waals surface area (Å²) in [6.45, 7) is 0.749. The number of hydrogen-bond donors (Lipinski definition) is 0. The molecule has 0 aliphatic heterocycles. The molecule has 0 unspecified atom stereocenters. The topological polar surface area (TPSA) is 44.8 Å². The summed E-state index contributed by atoms with van der Waals surface area (Å²) in [5.41, 5.74) is 0. The van der Waals surface area contributed by atoms with E-state index in [4.69, 9.17) is 14.2 Å². The van der Waals surface area contributed by atoms with Crippen molar-refractivity contribution >= 4 is 27.9 Å². The molecule has 0 saturated heterocycles. The average molecular weight is 252 g/mol. The Kier molecular flexibility index (Phi) is 3.49. The molecular weight excluding hydrogens is 240 g/mol. The van der Waals surface area contributed by atoms with E-state index in [1.54, 1.807) is 25.6 Å². The van der Waals surface area contributed by atoms with Crippen LogP contribution in [0.25, 0.3) is 10.1 Å². The molecule has 0 atom stereocenters. The number of rotatable bonds is 5. The fourth-order valence-electron chi connectivity index (χ4n) is 1.61. The van der Waals surface area contributed by atoms with Crippen molar-refractivity contribution in [3.05, 3.63) is 23.1 Å². The third kappa shape index (κ3) is 2.34. The highest BCUT2D eigenvalue weighted by Gasteiger charge is 2.09. The van der Waals surface area contributed by atoms with E-state index >= 15 is 0 Å². The highest BCUT2D eigenvalue weighted by Crippen LogP contribution is 2.36. The predicted molar refractivity (Wildman–Crippen MR) is 65.8 cm³/mol. The van der Waals surface area contributed by atoms with Gasteiger partial charge in [0.05, 0.1) is 14.2 Å². The van der Waals surface area contributed by atoms with Gasteiger partial charge in [-0.25, -0.2) is 0 Å². The number of thiophene rings is 1. The first-order valence-corrected chi connectivity index (χ1v) is 5.80. The molecule has 0 aliphatic rings. The minimum absolute atomic E-state index is 0.299. The predicted octanol–water partition coefficient (Wildman–Crippen LogP) is 2.59. The van der Waals surface area contributed by atoms with Gasteiger partial charge in [-0.3, -0.25) is 4.79 Å². The molecule has 2 aromatic rings. The largest absolute Gasteiger partial charge is 0.493 e.